The molecule has 0 amide bonds. The number of hydrogen-bond donors (Lipinski definition) is 1. The van der Waals surface area contributed by atoms with Gasteiger partial charge in [0.2, 0.25) is 0 Å². The first-order valence-corrected chi connectivity index (χ1v) is 6.72. The van der Waals surface area contributed by atoms with Gasteiger partial charge in [-0.1, -0.05) is 19.4 Å². The first-order chi connectivity index (χ1) is 7.72. The Hall–Kier alpha value is -0.940. The summed E-state index contributed by atoms with van der Waals surface area (Å²) in [5.41, 5.74) is 0.719. The Morgan fingerprint density at radius 1 is 1.56 bits per heavy atom. The SMILES string of the molecule is CCCc1nc(-c2cccs2)[nH]c(=O)c1Br. The highest BCUT2D eigenvalue weighted by Gasteiger charge is 2.09. The lowest BCUT2D eigenvalue weighted by atomic mass is 10.2. The predicted molar refractivity (Wildman–Crippen MR) is 69.9 cm³/mol. The van der Waals surface area contributed by atoms with Crippen molar-refractivity contribution in [1.29, 1.82) is 0 Å². The molecule has 5 heteroatoms. The minimum Gasteiger partial charge on any atom is -0.305 e. The molecule has 0 spiro atoms. The maximum atomic E-state index is 11.7. The molecule has 84 valence electrons. The zero-order chi connectivity index (χ0) is 11.5. The summed E-state index contributed by atoms with van der Waals surface area (Å²) in [5, 5.41) is 1.97. The number of hydrogen-bond acceptors (Lipinski definition) is 3. The highest BCUT2D eigenvalue weighted by molar-refractivity contribution is 9.10. The topological polar surface area (TPSA) is 45.8 Å². The summed E-state index contributed by atoms with van der Waals surface area (Å²) in [7, 11) is 0. The van der Waals surface area contributed by atoms with Crippen molar-refractivity contribution >= 4 is 27.3 Å². The van der Waals surface area contributed by atoms with Crippen LogP contribution in [0, 0.1) is 0 Å². The number of halogens is 1. The smallest absolute Gasteiger partial charge is 0.265 e. The van der Waals surface area contributed by atoms with E-state index in [1.54, 1.807) is 11.3 Å². The largest absolute Gasteiger partial charge is 0.305 e. The second kappa shape index (κ2) is 4.93. The summed E-state index contributed by atoms with van der Waals surface area (Å²) >= 11 is 4.85. The molecule has 0 radical (unpaired) electrons. The molecular formula is C11H11BrN2OS. The first kappa shape index (κ1) is 11.5. The van der Waals surface area contributed by atoms with E-state index < -0.39 is 0 Å². The van der Waals surface area contributed by atoms with Crippen molar-refractivity contribution in [2.75, 3.05) is 0 Å². The molecule has 3 nitrogen and oxygen atoms in total. The zero-order valence-electron chi connectivity index (χ0n) is 8.79. The van der Waals surface area contributed by atoms with Gasteiger partial charge in [0, 0.05) is 0 Å². The first-order valence-electron chi connectivity index (χ1n) is 5.05. The molecule has 0 saturated carbocycles. The minimum atomic E-state index is -0.109. The van der Waals surface area contributed by atoms with Gasteiger partial charge >= 0.3 is 0 Å². The Kier molecular flexibility index (Phi) is 3.56. The van der Waals surface area contributed by atoms with Crippen molar-refractivity contribution in [2.45, 2.75) is 19.8 Å². The van der Waals surface area contributed by atoms with Crippen LogP contribution in [0.4, 0.5) is 0 Å². The minimum absolute atomic E-state index is 0.109. The summed E-state index contributed by atoms with van der Waals surface area (Å²) in [6, 6.07) is 3.90. The van der Waals surface area contributed by atoms with E-state index in [9.17, 15) is 4.79 Å². The number of thiophene rings is 1. The fraction of sp³-hybridized carbons (Fsp3) is 0.273. The molecular weight excluding hydrogens is 288 g/mol. The average molecular weight is 299 g/mol. The van der Waals surface area contributed by atoms with Gasteiger partial charge in [-0.05, 0) is 33.8 Å². The summed E-state index contributed by atoms with van der Waals surface area (Å²) in [6.07, 6.45) is 1.78. The van der Waals surface area contributed by atoms with E-state index in [0.29, 0.717) is 10.3 Å². The highest BCUT2D eigenvalue weighted by atomic mass is 79.9. The molecule has 0 aliphatic carbocycles. The molecule has 0 aliphatic rings. The van der Waals surface area contributed by atoms with Crippen LogP contribution in [0.1, 0.15) is 19.0 Å². The van der Waals surface area contributed by atoms with Crippen LogP contribution in [0.25, 0.3) is 10.7 Å². The summed E-state index contributed by atoms with van der Waals surface area (Å²) < 4.78 is 0.551. The molecule has 0 saturated heterocycles. The van der Waals surface area contributed by atoms with Gasteiger partial charge in [0.05, 0.1) is 10.6 Å². The number of rotatable bonds is 3. The van der Waals surface area contributed by atoms with E-state index in [0.717, 1.165) is 23.4 Å². The lowest BCUT2D eigenvalue weighted by Crippen LogP contribution is -2.13. The zero-order valence-corrected chi connectivity index (χ0v) is 11.2. The van der Waals surface area contributed by atoms with Crippen LogP contribution in [-0.4, -0.2) is 9.97 Å². The molecule has 1 N–H and O–H groups in total. The van der Waals surface area contributed by atoms with E-state index in [2.05, 4.69) is 32.8 Å². The van der Waals surface area contributed by atoms with E-state index in [-0.39, 0.29) is 5.56 Å². The Morgan fingerprint density at radius 3 is 3.00 bits per heavy atom. The van der Waals surface area contributed by atoms with Crippen LogP contribution >= 0.6 is 27.3 Å². The van der Waals surface area contributed by atoms with Crippen molar-refractivity contribution in [3.8, 4) is 10.7 Å². The fourth-order valence-corrected chi connectivity index (χ4v) is 2.49. The number of aryl methyl sites for hydroxylation is 1. The molecule has 0 bridgehead atoms. The average Bonchev–Trinajstić information content (AvgIpc) is 2.78. The van der Waals surface area contributed by atoms with Gasteiger partial charge in [0.15, 0.2) is 5.82 Å². The Balaban J connectivity index is 2.53. The normalized spacial score (nSPS) is 10.6. The molecule has 2 heterocycles. The molecule has 0 aromatic carbocycles. The van der Waals surface area contributed by atoms with Crippen LogP contribution in [0.2, 0.25) is 0 Å². The van der Waals surface area contributed by atoms with Gasteiger partial charge in [0.1, 0.15) is 4.47 Å². The Labute approximate surface area is 106 Å². The van der Waals surface area contributed by atoms with Crippen molar-refractivity contribution in [3.63, 3.8) is 0 Å². The number of H-pyrrole nitrogens is 1. The van der Waals surface area contributed by atoms with Gasteiger partial charge in [-0.25, -0.2) is 4.98 Å². The molecule has 16 heavy (non-hydrogen) atoms. The number of nitrogens with zero attached hydrogens (tertiary/aromatic N) is 1. The second-order valence-corrected chi connectivity index (χ2v) is 5.14. The third-order valence-corrected chi connectivity index (χ3v) is 3.87. The van der Waals surface area contributed by atoms with E-state index in [4.69, 9.17) is 0 Å². The fourth-order valence-electron chi connectivity index (χ4n) is 1.44. The number of aromatic nitrogens is 2. The van der Waals surface area contributed by atoms with Crippen molar-refractivity contribution in [2.24, 2.45) is 0 Å². The van der Waals surface area contributed by atoms with Crippen molar-refractivity contribution in [1.82, 2.24) is 9.97 Å². The van der Waals surface area contributed by atoms with E-state index >= 15 is 0 Å². The molecule has 2 aromatic heterocycles. The molecule has 0 atom stereocenters. The summed E-state index contributed by atoms with van der Waals surface area (Å²) in [5.74, 6) is 0.659. The summed E-state index contributed by atoms with van der Waals surface area (Å²) in [6.45, 7) is 2.07. The number of aromatic amines is 1. The molecule has 0 unspecified atom stereocenters. The second-order valence-electron chi connectivity index (χ2n) is 3.40. The third kappa shape index (κ3) is 2.25. The maximum Gasteiger partial charge on any atom is 0.265 e. The quantitative estimate of drug-likeness (QED) is 0.946. The van der Waals surface area contributed by atoms with Gasteiger partial charge in [-0.15, -0.1) is 11.3 Å². The van der Waals surface area contributed by atoms with Gasteiger partial charge in [-0.2, -0.15) is 0 Å². The van der Waals surface area contributed by atoms with E-state index in [1.807, 2.05) is 17.5 Å². The van der Waals surface area contributed by atoms with Crippen molar-refractivity contribution in [3.05, 3.63) is 38.0 Å². The highest BCUT2D eigenvalue weighted by Crippen LogP contribution is 2.22. The predicted octanol–water partition coefficient (Wildman–Crippen LogP) is 3.21. The van der Waals surface area contributed by atoms with Crippen LogP contribution < -0.4 is 5.56 Å². The molecule has 2 aromatic rings. The van der Waals surface area contributed by atoms with E-state index in [1.165, 1.54) is 0 Å². The lowest BCUT2D eigenvalue weighted by molar-refractivity contribution is 0.862. The molecule has 2 rings (SSSR count). The van der Waals surface area contributed by atoms with Gasteiger partial charge < -0.3 is 4.98 Å². The lowest BCUT2D eigenvalue weighted by Gasteiger charge is -2.03. The molecule has 0 fully saturated rings. The summed E-state index contributed by atoms with van der Waals surface area (Å²) in [4.78, 5) is 19.9. The van der Waals surface area contributed by atoms with Gasteiger partial charge in [-0.3, -0.25) is 4.79 Å². The van der Waals surface area contributed by atoms with Crippen LogP contribution in [-0.2, 0) is 6.42 Å². The Bertz CT molecular complexity index is 533. The van der Waals surface area contributed by atoms with Crippen LogP contribution in [0.3, 0.4) is 0 Å². The third-order valence-electron chi connectivity index (χ3n) is 2.17. The maximum absolute atomic E-state index is 11.7. The van der Waals surface area contributed by atoms with Crippen LogP contribution in [0.15, 0.2) is 26.8 Å². The standard InChI is InChI=1S/C11H11BrN2OS/c1-2-4-7-9(12)11(15)14-10(13-7)8-5-3-6-16-8/h3,5-6H,2,4H2,1H3,(H,13,14,15). The monoisotopic (exact) mass is 298 g/mol. The van der Waals surface area contributed by atoms with Gasteiger partial charge in [0.25, 0.3) is 5.56 Å². The van der Waals surface area contributed by atoms with Crippen molar-refractivity contribution < 1.29 is 0 Å². The number of nitrogens with one attached hydrogen (secondary N) is 1. The van der Waals surface area contributed by atoms with Crippen LogP contribution in [0.5, 0.6) is 0 Å². The Morgan fingerprint density at radius 2 is 2.38 bits per heavy atom. The molecule has 0 aliphatic heterocycles.